The second-order valence-corrected chi connectivity index (χ2v) is 4.59. The molecule has 2 N–H and O–H groups in total. The van der Waals surface area contributed by atoms with E-state index >= 15 is 0 Å². The van der Waals surface area contributed by atoms with Crippen LogP contribution in [0.3, 0.4) is 0 Å². The van der Waals surface area contributed by atoms with Crippen LogP contribution in [0.15, 0.2) is 18.2 Å². The van der Waals surface area contributed by atoms with Crippen LogP contribution < -0.4 is 5.32 Å². The smallest absolute Gasteiger partial charge is 0.308 e. The van der Waals surface area contributed by atoms with Gasteiger partial charge in [-0.05, 0) is 32.4 Å². The normalized spacial score (nSPS) is 24.6. The van der Waals surface area contributed by atoms with Crippen LogP contribution in [0.5, 0.6) is 0 Å². The number of nitrogens with one attached hydrogen (secondary N) is 1. The summed E-state index contributed by atoms with van der Waals surface area (Å²) in [5.74, 6) is -0.990. The van der Waals surface area contributed by atoms with Crippen LogP contribution in [0.2, 0.25) is 0 Å². The number of rotatable bonds is 2. The summed E-state index contributed by atoms with van der Waals surface area (Å²) < 4.78 is 0. The van der Waals surface area contributed by atoms with Gasteiger partial charge in [0.1, 0.15) is 0 Å². The van der Waals surface area contributed by atoms with E-state index in [4.69, 9.17) is 5.11 Å². The van der Waals surface area contributed by atoms with Gasteiger partial charge in [0.25, 0.3) is 0 Å². The van der Waals surface area contributed by atoms with E-state index in [9.17, 15) is 4.79 Å². The molecular formula is C13H17NO2. The van der Waals surface area contributed by atoms with Crippen molar-refractivity contribution in [3.63, 3.8) is 0 Å². The quantitative estimate of drug-likeness (QED) is 0.800. The van der Waals surface area contributed by atoms with Crippen LogP contribution in [-0.4, -0.2) is 17.6 Å². The Labute approximate surface area is 95.5 Å². The molecule has 0 amide bonds. The van der Waals surface area contributed by atoms with E-state index in [2.05, 4.69) is 23.5 Å². The predicted molar refractivity (Wildman–Crippen MR) is 62.4 cm³/mol. The zero-order chi connectivity index (χ0) is 11.7. The lowest BCUT2D eigenvalue weighted by Crippen LogP contribution is -2.23. The van der Waals surface area contributed by atoms with Gasteiger partial charge in [0.15, 0.2) is 0 Å². The number of aryl methyl sites for hydroxylation is 2. The Morgan fingerprint density at radius 2 is 1.94 bits per heavy atom. The molecule has 0 aliphatic carbocycles. The van der Waals surface area contributed by atoms with Gasteiger partial charge in [0, 0.05) is 6.04 Å². The van der Waals surface area contributed by atoms with Gasteiger partial charge in [0.2, 0.25) is 0 Å². The van der Waals surface area contributed by atoms with Crippen LogP contribution in [-0.2, 0) is 4.79 Å². The van der Waals surface area contributed by atoms with Gasteiger partial charge in [-0.1, -0.05) is 29.3 Å². The summed E-state index contributed by atoms with van der Waals surface area (Å²) in [4.78, 5) is 11.1. The first kappa shape index (κ1) is 11.1. The molecule has 3 nitrogen and oxygen atoms in total. The molecule has 0 bridgehead atoms. The van der Waals surface area contributed by atoms with Crippen molar-refractivity contribution < 1.29 is 9.90 Å². The molecule has 1 fully saturated rings. The molecule has 1 aliphatic rings. The summed E-state index contributed by atoms with van der Waals surface area (Å²) >= 11 is 0. The first-order chi connectivity index (χ1) is 7.58. The molecule has 1 aromatic carbocycles. The topological polar surface area (TPSA) is 49.3 Å². The number of carbonyl (C=O) groups is 1. The number of hydrogen-bond donors (Lipinski definition) is 2. The van der Waals surface area contributed by atoms with Crippen LogP contribution >= 0.6 is 0 Å². The zero-order valence-electron chi connectivity index (χ0n) is 9.66. The van der Waals surface area contributed by atoms with Crippen molar-refractivity contribution in [2.24, 2.45) is 5.92 Å². The Morgan fingerprint density at radius 3 is 2.50 bits per heavy atom. The Bertz CT molecular complexity index is 394. The van der Waals surface area contributed by atoms with E-state index in [1.54, 1.807) is 0 Å². The first-order valence-electron chi connectivity index (χ1n) is 5.62. The third kappa shape index (κ3) is 2.09. The molecule has 0 spiro atoms. The first-order valence-corrected chi connectivity index (χ1v) is 5.62. The molecule has 0 unspecified atom stereocenters. The number of aliphatic carboxylic acids is 1. The van der Waals surface area contributed by atoms with Crippen LogP contribution in [0, 0.1) is 19.8 Å². The average Bonchev–Trinajstić information content (AvgIpc) is 2.63. The highest BCUT2D eigenvalue weighted by atomic mass is 16.4. The van der Waals surface area contributed by atoms with Crippen LogP contribution in [0.25, 0.3) is 0 Å². The number of benzene rings is 1. The highest BCUT2D eigenvalue weighted by Gasteiger charge is 2.33. The van der Waals surface area contributed by atoms with E-state index in [0.717, 1.165) is 12.1 Å². The molecule has 1 aromatic rings. The molecule has 2 rings (SSSR count). The van der Waals surface area contributed by atoms with Crippen LogP contribution in [0.4, 0.5) is 0 Å². The molecule has 0 radical (unpaired) electrons. The fraction of sp³-hybridized carbons (Fsp3) is 0.462. The third-order valence-corrected chi connectivity index (χ3v) is 3.14. The molecule has 2 atom stereocenters. The van der Waals surface area contributed by atoms with Crippen molar-refractivity contribution in [1.29, 1.82) is 0 Å². The Kier molecular flexibility index (Phi) is 2.97. The van der Waals surface area contributed by atoms with E-state index in [1.165, 1.54) is 11.1 Å². The highest BCUT2D eigenvalue weighted by Crippen LogP contribution is 2.30. The summed E-state index contributed by atoms with van der Waals surface area (Å²) in [6, 6.07) is 6.22. The van der Waals surface area contributed by atoms with Gasteiger partial charge < -0.3 is 10.4 Å². The van der Waals surface area contributed by atoms with Crippen molar-refractivity contribution >= 4 is 5.97 Å². The standard InChI is InChI=1S/C13H17NO2/c1-8-5-9(2)7-10(6-8)12-11(13(15)16)3-4-14-12/h5-7,11-12,14H,3-4H2,1-2H3,(H,15,16)/t11-,12+/m1/s1. The Hall–Kier alpha value is -1.35. The fourth-order valence-corrected chi connectivity index (χ4v) is 2.51. The summed E-state index contributed by atoms with van der Waals surface area (Å²) in [6.07, 6.45) is 0.715. The molecule has 1 heterocycles. The van der Waals surface area contributed by atoms with Gasteiger partial charge in [-0.25, -0.2) is 0 Å². The minimum absolute atomic E-state index is 0.0314. The van der Waals surface area contributed by atoms with Crippen LogP contribution in [0.1, 0.15) is 29.2 Å². The SMILES string of the molecule is Cc1cc(C)cc([C@@H]2NCC[C@H]2C(=O)O)c1. The summed E-state index contributed by atoms with van der Waals surface area (Å²) in [5, 5.41) is 12.4. The lowest BCUT2D eigenvalue weighted by atomic mass is 9.92. The maximum Gasteiger partial charge on any atom is 0.308 e. The van der Waals surface area contributed by atoms with E-state index in [0.29, 0.717) is 6.42 Å². The summed E-state index contributed by atoms with van der Waals surface area (Å²) in [7, 11) is 0. The number of carboxylic acid groups (broad SMARTS) is 1. The lowest BCUT2D eigenvalue weighted by molar-refractivity contribution is -0.142. The summed E-state index contributed by atoms with van der Waals surface area (Å²) in [6.45, 7) is 4.87. The summed E-state index contributed by atoms with van der Waals surface area (Å²) in [5.41, 5.74) is 3.48. The van der Waals surface area contributed by atoms with Gasteiger partial charge in [-0.2, -0.15) is 0 Å². The maximum absolute atomic E-state index is 11.1. The highest BCUT2D eigenvalue weighted by molar-refractivity contribution is 5.71. The molecule has 0 saturated carbocycles. The van der Waals surface area contributed by atoms with Crippen molar-refractivity contribution in [3.05, 3.63) is 34.9 Å². The fourth-order valence-electron chi connectivity index (χ4n) is 2.51. The van der Waals surface area contributed by atoms with E-state index in [-0.39, 0.29) is 12.0 Å². The van der Waals surface area contributed by atoms with Gasteiger partial charge in [-0.3, -0.25) is 4.79 Å². The van der Waals surface area contributed by atoms with Gasteiger partial charge in [-0.15, -0.1) is 0 Å². The van der Waals surface area contributed by atoms with E-state index < -0.39 is 5.97 Å². The van der Waals surface area contributed by atoms with Crippen molar-refractivity contribution in [2.45, 2.75) is 26.3 Å². The van der Waals surface area contributed by atoms with Gasteiger partial charge in [0.05, 0.1) is 5.92 Å². The maximum atomic E-state index is 11.1. The zero-order valence-corrected chi connectivity index (χ0v) is 9.66. The minimum Gasteiger partial charge on any atom is -0.481 e. The molecule has 3 heteroatoms. The average molecular weight is 219 g/mol. The van der Waals surface area contributed by atoms with Crippen molar-refractivity contribution in [2.75, 3.05) is 6.54 Å². The minimum atomic E-state index is -0.700. The monoisotopic (exact) mass is 219 g/mol. The lowest BCUT2D eigenvalue weighted by Gasteiger charge is -2.17. The second kappa shape index (κ2) is 4.26. The molecular weight excluding hydrogens is 202 g/mol. The Morgan fingerprint density at radius 1 is 1.31 bits per heavy atom. The van der Waals surface area contributed by atoms with Gasteiger partial charge >= 0.3 is 5.97 Å². The van der Waals surface area contributed by atoms with Crippen molar-refractivity contribution in [1.82, 2.24) is 5.32 Å². The largest absolute Gasteiger partial charge is 0.481 e. The molecule has 0 aromatic heterocycles. The number of hydrogen-bond acceptors (Lipinski definition) is 2. The predicted octanol–water partition coefficient (Wildman–Crippen LogP) is 2.04. The Balaban J connectivity index is 2.32. The molecule has 86 valence electrons. The molecule has 16 heavy (non-hydrogen) atoms. The van der Waals surface area contributed by atoms with E-state index in [1.807, 2.05) is 13.8 Å². The van der Waals surface area contributed by atoms with Crippen molar-refractivity contribution in [3.8, 4) is 0 Å². The number of carboxylic acids is 1. The molecule has 1 aliphatic heterocycles. The second-order valence-electron chi connectivity index (χ2n) is 4.59. The molecule has 1 saturated heterocycles. The third-order valence-electron chi connectivity index (χ3n) is 3.14.